The number of aromatic nitrogens is 1. The Hall–Kier alpha value is -3.73. The third-order valence-electron chi connectivity index (χ3n) is 3.10. The summed E-state index contributed by atoms with van der Waals surface area (Å²) >= 11 is 0. The van der Waals surface area contributed by atoms with Crippen molar-refractivity contribution in [2.75, 3.05) is 0 Å². The van der Waals surface area contributed by atoms with Gasteiger partial charge in [-0.2, -0.15) is 5.53 Å². The molecule has 0 fully saturated rings. The van der Waals surface area contributed by atoms with Gasteiger partial charge >= 0.3 is 5.08 Å². The predicted octanol–water partition coefficient (Wildman–Crippen LogP) is 1.82. The molecule has 0 saturated carbocycles. The Morgan fingerprint density at radius 3 is 2.26 bits per heavy atom. The van der Waals surface area contributed by atoms with E-state index in [9.17, 15) is 0 Å². The van der Waals surface area contributed by atoms with Crippen molar-refractivity contribution in [2.45, 2.75) is 0 Å². The first-order valence-electron chi connectivity index (χ1n) is 6.59. The predicted molar refractivity (Wildman–Crippen MR) is 84.2 cm³/mol. The highest BCUT2D eigenvalue weighted by molar-refractivity contribution is 6.09. The highest BCUT2D eigenvalue weighted by Crippen LogP contribution is 2.08. The number of nitrogens with one attached hydrogen (secondary N) is 1. The molecule has 1 aromatic heterocycles. The Balaban J connectivity index is 1.97. The monoisotopic (exact) mass is 304 g/mol. The van der Waals surface area contributed by atoms with Gasteiger partial charge in [0.2, 0.25) is 5.55 Å². The van der Waals surface area contributed by atoms with Gasteiger partial charge in [-0.3, -0.25) is 0 Å². The van der Waals surface area contributed by atoms with Crippen molar-refractivity contribution < 1.29 is 4.42 Å². The lowest BCUT2D eigenvalue weighted by atomic mass is 10.1. The van der Waals surface area contributed by atoms with Crippen LogP contribution in [0.25, 0.3) is 16.2 Å². The summed E-state index contributed by atoms with van der Waals surface area (Å²) in [4.78, 5) is 4.26. The van der Waals surface area contributed by atoms with Crippen molar-refractivity contribution in [1.29, 1.82) is 10.9 Å². The highest BCUT2D eigenvalue weighted by atomic mass is 16.3. The maximum absolute atomic E-state index is 8.40. The lowest BCUT2D eigenvalue weighted by Crippen LogP contribution is -2.09. The van der Waals surface area contributed by atoms with Gasteiger partial charge in [0.15, 0.2) is 16.2 Å². The third-order valence-corrected chi connectivity index (χ3v) is 3.10. The molecule has 2 aliphatic carbocycles. The van der Waals surface area contributed by atoms with Gasteiger partial charge in [0.05, 0.1) is 11.9 Å². The van der Waals surface area contributed by atoms with E-state index in [-0.39, 0.29) is 0 Å². The molecule has 1 aromatic rings. The van der Waals surface area contributed by atoms with Crippen molar-refractivity contribution in [2.24, 2.45) is 15.4 Å². The second-order valence-electron chi connectivity index (χ2n) is 4.51. The van der Waals surface area contributed by atoms with Gasteiger partial charge in [-0.1, -0.05) is 5.22 Å². The fourth-order valence-corrected chi connectivity index (χ4v) is 2.01. The van der Waals surface area contributed by atoms with Crippen molar-refractivity contribution in [3.63, 3.8) is 0 Å². The number of hydrogen-bond donors (Lipinski definition) is 1. The van der Waals surface area contributed by atoms with Crippen LogP contribution in [-0.4, -0.2) is 16.4 Å². The smallest absolute Gasteiger partial charge is 0.339 e. The maximum atomic E-state index is 8.40. The number of rotatable bonds is 1. The van der Waals surface area contributed by atoms with E-state index < -0.39 is 0 Å². The second-order valence-corrected chi connectivity index (χ2v) is 4.51. The molecule has 23 heavy (non-hydrogen) atoms. The second kappa shape index (κ2) is 6.36. The molecule has 110 valence electrons. The highest BCUT2D eigenvalue weighted by Gasteiger charge is 2.06. The molecule has 1 N–H and O–H groups in total. The van der Waals surface area contributed by atoms with Crippen LogP contribution in [0.1, 0.15) is 0 Å². The van der Waals surface area contributed by atoms with Crippen LogP contribution in [0.3, 0.4) is 0 Å². The molecule has 1 heterocycles. The lowest BCUT2D eigenvalue weighted by Gasteiger charge is -1.98. The first kappa shape index (κ1) is 14.2. The third kappa shape index (κ3) is 3.14. The summed E-state index contributed by atoms with van der Waals surface area (Å²) in [5.41, 5.74) is 10.5. The van der Waals surface area contributed by atoms with Gasteiger partial charge < -0.3 is 4.42 Å². The maximum Gasteiger partial charge on any atom is 0.339 e. The molecule has 3 rings (SSSR count). The summed E-state index contributed by atoms with van der Waals surface area (Å²) in [6, 6.07) is 0. The molecular weight excluding hydrogens is 294 g/mol. The van der Waals surface area contributed by atoms with E-state index in [0.717, 1.165) is 11.1 Å². The number of allylic oxidation sites excluding steroid dienone is 8. The molecule has 2 aliphatic rings. The minimum absolute atomic E-state index is 0.480. The SMILES string of the molecule is N#[N+]N=C1C=CC(=c2cnc(=C3C=CC(=NN=N)C=C3)o2)C=C1. The normalized spacial score (nSPS) is 15.8. The van der Waals surface area contributed by atoms with E-state index >= 15 is 0 Å². The number of oxazole rings is 1. The first-order chi connectivity index (χ1) is 11.3. The Morgan fingerprint density at radius 2 is 1.61 bits per heavy atom. The van der Waals surface area contributed by atoms with Crippen LogP contribution in [0.5, 0.6) is 0 Å². The molecular formula is C15H10N7O+. The van der Waals surface area contributed by atoms with E-state index in [1.807, 2.05) is 0 Å². The standard InChI is InChI=1S/C15H10N7O/c16-21-19-12-5-1-10(2-6-12)14-9-18-15(23-14)11-3-7-13(8-4-11)20-22-17/h1-9,17H/q+1. The van der Waals surface area contributed by atoms with Crippen molar-refractivity contribution in [3.05, 3.63) is 70.9 Å². The number of nitrogens with zero attached hydrogens (tertiary/aromatic N) is 6. The van der Waals surface area contributed by atoms with Gasteiger partial charge in [-0.15, -0.1) is 5.10 Å². The molecule has 0 bridgehead atoms. The van der Waals surface area contributed by atoms with Crippen LogP contribution in [0.15, 0.2) is 74.6 Å². The van der Waals surface area contributed by atoms with E-state index in [1.54, 1.807) is 54.8 Å². The van der Waals surface area contributed by atoms with Crippen LogP contribution < -0.4 is 11.0 Å². The quantitative estimate of drug-likeness (QED) is 0.484. The molecule has 0 aromatic carbocycles. The molecule has 8 nitrogen and oxygen atoms in total. The lowest BCUT2D eigenvalue weighted by molar-refractivity contribution is 0.488. The summed E-state index contributed by atoms with van der Waals surface area (Å²) in [6.07, 6.45) is 15.7. The molecule has 0 amide bonds. The molecule has 0 atom stereocenters. The zero-order valence-electron chi connectivity index (χ0n) is 11.8. The first-order valence-corrected chi connectivity index (χ1v) is 6.59. The average Bonchev–Trinajstić information content (AvgIpc) is 3.07. The van der Waals surface area contributed by atoms with Crippen LogP contribution in [0.4, 0.5) is 0 Å². The zero-order valence-corrected chi connectivity index (χ0v) is 11.8. The molecule has 8 heteroatoms. The van der Waals surface area contributed by atoms with Gasteiger partial charge in [0.25, 0.3) is 5.39 Å². The van der Waals surface area contributed by atoms with Crippen LogP contribution in [-0.2, 0) is 0 Å². The summed E-state index contributed by atoms with van der Waals surface area (Å²) in [5.74, 6) is 0. The summed E-state index contributed by atoms with van der Waals surface area (Å²) < 4.78 is 5.75. The Kier molecular flexibility index (Phi) is 3.93. The minimum Gasteiger partial charge on any atom is -0.436 e. The van der Waals surface area contributed by atoms with Crippen molar-refractivity contribution >= 4 is 22.6 Å². The molecule has 0 unspecified atom stereocenters. The van der Waals surface area contributed by atoms with E-state index in [1.165, 1.54) is 0 Å². The Bertz CT molecular complexity index is 957. The molecule has 0 spiro atoms. The molecule has 0 aliphatic heterocycles. The van der Waals surface area contributed by atoms with Crippen LogP contribution in [0.2, 0.25) is 0 Å². The molecule has 0 radical (unpaired) electrons. The van der Waals surface area contributed by atoms with Gasteiger partial charge in [-0.25, -0.2) is 4.98 Å². The van der Waals surface area contributed by atoms with Gasteiger partial charge in [0, 0.05) is 11.1 Å². The van der Waals surface area contributed by atoms with E-state index in [2.05, 4.69) is 25.5 Å². The fourth-order valence-electron chi connectivity index (χ4n) is 2.01. The largest absolute Gasteiger partial charge is 0.436 e. The van der Waals surface area contributed by atoms with Crippen molar-refractivity contribution in [3.8, 4) is 0 Å². The summed E-state index contributed by atoms with van der Waals surface area (Å²) in [5, 5.41) is 21.3. The van der Waals surface area contributed by atoms with Crippen LogP contribution >= 0.6 is 0 Å². The van der Waals surface area contributed by atoms with Crippen LogP contribution in [0, 0.1) is 10.9 Å². The Labute approximate surface area is 130 Å². The average molecular weight is 304 g/mol. The molecule has 0 saturated heterocycles. The fraction of sp³-hybridized carbons (Fsp3) is 0. The summed E-state index contributed by atoms with van der Waals surface area (Å²) in [6.45, 7) is 0. The van der Waals surface area contributed by atoms with Crippen molar-refractivity contribution in [1.82, 2.24) is 4.98 Å². The Morgan fingerprint density at radius 1 is 0.957 bits per heavy atom. The van der Waals surface area contributed by atoms with Gasteiger partial charge in [0.1, 0.15) is 0 Å². The van der Waals surface area contributed by atoms with Gasteiger partial charge in [-0.05, 0) is 48.6 Å². The number of hydrogen-bond acceptors (Lipinski definition) is 6. The topological polar surface area (TPSA) is 115 Å². The minimum atomic E-state index is 0.480. The van der Waals surface area contributed by atoms with E-state index in [0.29, 0.717) is 22.4 Å². The zero-order chi connectivity index (χ0) is 16.1. The van der Waals surface area contributed by atoms with E-state index in [4.69, 9.17) is 15.3 Å². The number of diazo groups is 1. The summed E-state index contributed by atoms with van der Waals surface area (Å²) in [7, 11) is 0.